The van der Waals surface area contributed by atoms with Gasteiger partial charge in [-0.25, -0.2) is 0 Å². The van der Waals surface area contributed by atoms with Crippen LogP contribution in [-0.2, 0) is 12.8 Å². The van der Waals surface area contributed by atoms with Crippen molar-refractivity contribution in [3.8, 4) is 5.75 Å². The van der Waals surface area contributed by atoms with Crippen molar-refractivity contribution in [1.82, 2.24) is 0 Å². The van der Waals surface area contributed by atoms with Crippen LogP contribution in [0.15, 0.2) is 23.8 Å². The topological polar surface area (TPSA) is 20.2 Å². The number of fused-ring (bicyclic) bond motifs is 5. The van der Waals surface area contributed by atoms with E-state index in [1.54, 1.807) is 11.1 Å². The van der Waals surface area contributed by atoms with Crippen molar-refractivity contribution in [2.24, 2.45) is 17.3 Å². The first kappa shape index (κ1) is 15.3. The summed E-state index contributed by atoms with van der Waals surface area (Å²) in [4.78, 5) is 0. The van der Waals surface area contributed by atoms with E-state index in [-0.39, 0.29) is 0 Å². The van der Waals surface area contributed by atoms with Gasteiger partial charge in [-0.05, 0) is 97.8 Å². The van der Waals surface area contributed by atoms with Gasteiger partial charge in [0.25, 0.3) is 0 Å². The summed E-state index contributed by atoms with van der Waals surface area (Å²) in [5, 5.41) is 10.2. The number of phenols is 1. The van der Waals surface area contributed by atoms with Gasteiger partial charge in [0.1, 0.15) is 5.75 Å². The van der Waals surface area contributed by atoms with E-state index in [2.05, 4.69) is 39.0 Å². The number of allylic oxidation sites excluding steroid dienone is 2. The normalized spacial score (nSPS) is 37.3. The summed E-state index contributed by atoms with van der Waals surface area (Å²) >= 11 is 0. The lowest BCUT2D eigenvalue weighted by atomic mass is 9.55. The summed E-state index contributed by atoms with van der Waals surface area (Å²) in [6.07, 6.45) is 11.2. The molecule has 1 aromatic carbocycles. The monoisotopic (exact) mass is 310 g/mol. The molecule has 0 bridgehead atoms. The quantitative estimate of drug-likeness (QED) is 0.654. The molecule has 2 fully saturated rings. The summed E-state index contributed by atoms with van der Waals surface area (Å²) in [5.41, 5.74) is 6.34. The van der Waals surface area contributed by atoms with Crippen molar-refractivity contribution in [3.63, 3.8) is 0 Å². The molecule has 0 heterocycles. The van der Waals surface area contributed by atoms with Crippen LogP contribution < -0.4 is 0 Å². The van der Waals surface area contributed by atoms with Crippen LogP contribution in [0, 0.1) is 17.3 Å². The number of rotatable bonds is 1. The molecule has 1 aromatic rings. The van der Waals surface area contributed by atoms with Gasteiger partial charge in [-0.15, -0.1) is 0 Å². The maximum atomic E-state index is 10.2. The SMILES string of the molecule is C/C=C1/CC[C@H]2[C@@H]3CCc4cc(O)c(CC)cc4[C@H]3CC[C@]12C. The Hall–Kier alpha value is -1.24. The smallest absolute Gasteiger partial charge is 0.119 e. The number of phenolic OH excluding ortho intramolecular Hbond substituents is 1. The number of benzene rings is 1. The minimum absolute atomic E-state index is 0.470. The molecule has 3 aliphatic rings. The molecule has 1 nitrogen and oxygen atoms in total. The molecule has 2 saturated carbocycles. The van der Waals surface area contributed by atoms with Gasteiger partial charge in [0.2, 0.25) is 0 Å². The predicted molar refractivity (Wildman–Crippen MR) is 95.9 cm³/mol. The van der Waals surface area contributed by atoms with Crippen molar-refractivity contribution < 1.29 is 5.11 Å². The molecule has 0 spiro atoms. The highest BCUT2D eigenvalue weighted by molar-refractivity contribution is 5.46. The Bertz CT molecular complexity index is 656. The molecular weight excluding hydrogens is 280 g/mol. The van der Waals surface area contributed by atoms with E-state index in [0.717, 1.165) is 36.2 Å². The molecule has 124 valence electrons. The molecule has 1 N–H and O–H groups in total. The Morgan fingerprint density at radius 2 is 2.04 bits per heavy atom. The molecule has 0 aliphatic heterocycles. The zero-order chi connectivity index (χ0) is 16.2. The molecule has 4 atom stereocenters. The second kappa shape index (κ2) is 5.40. The first-order valence-corrected chi connectivity index (χ1v) is 9.58. The van der Waals surface area contributed by atoms with Gasteiger partial charge in [0.15, 0.2) is 0 Å². The maximum absolute atomic E-state index is 10.2. The van der Waals surface area contributed by atoms with E-state index in [1.807, 2.05) is 0 Å². The van der Waals surface area contributed by atoms with Crippen LogP contribution in [0.25, 0.3) is 0 Å². The zero-order valence-electron chi connectivity index (χ0n) is 14.9. The first-order chi connectivity index (χ1) is 11.1. The third-order valence-electron chi connectivity index (χ3n) is 7.50. The van der Waals surface area contributed by atoms with Crippen molar-refractivity contribution in [3.05, 3.63) is 40.5 Å². The van der Waals surface area contributed by atoms with Crippen LogP contribution in [0.1, 0.15) is 75.5 Å². The van der Waals surface area contributed by atoms with Gasteiger partial charge in [0.05, 0.1) is 0 Å². The van der Waals surface area contributed by atoms with Gasteiger partial charge in [-0.1, -0.05) is 31.6 Å². The number of aryl methyl sites for hydroxylation is 2. The number of aromatic hydroxyl groups is 1. The molecule has 0 saturated heterocycles. The van der Waals surface area contributed by atoms with Crippen molar-refractivity contribution in [1.29, 1.82) is 0 Å². The third kappa shape index (κ3) is 2.12. The Kier molecular flexibility index (Phi) is 3.59. The predicted octanol–water partition coefficient (Wildman–Crippen LogP) is 5.76. The van der Waals surface area contributed by atoms with Crippen molar-refractivity contribution >= 4 is 0 Å². The fraction of sp³-hybridized carbons (Fsp3) is 0.636. The molecule has 3 aliphatic carbocycles. The summed E-state index contributed by atoms with van der Waals surface area (Å²) < 4.78 is 0. The minimum atomic E-state index is 0.470. The van der Waals surface area contributed by atoms with E-state index in [9.17, 15) is 5.11 Å². The van der Waals surface area contributed by atoms with Gasteiger partial charge in [-0.3, -0.25) is 0 Å². The highest BCUT2D eigenvalue weighted by atomic mass is 16.3. The largest absolute Gasteiger partial charge is 0.508 e. The average molecular weight is 310 g/mol. The maximum Gasteiger partial charge on any atom is 0.119 e. The molecule has 0 amide bonds. The first-order valence-electron chi connectivity index (χ1n) is 9.58. The van der Waals surface area contributed by atoms with E-state index in [1.165, 1.54) is 37.7 Å². The molecule has 23 heavy (non-hydrogen) atoms. The van der Waals surface area contributed by atoms with Crippen LogP contribution in [0.2, 0.25) is 0 Å². The molecule has 4 rings (SSSR count). The lowest BCUT2D eigenvalue weighted by molar-refractivity contribution is 0.0812. The van der Waals surface area contributed by atoms with Crippen LogP contribution in [0.3, 0.4) is 0 Å². The molecular formula is C22H30O. The van der Waals surface area contributed by atoms with E-state index in [0.29, 0.717) is 11.2 Å². The Morgan fingerprint density at radius 3 is 2.78 bits per heavy atom. The summed E-state index contributed by atoms with van der Waals surface area (Å²) in [6.45, 7) is 6.93. The Balaban J connectivity index is 1.73. The van der Waals surface area contributed by atoms with Crippen LogP contribution >= 0.6 is 0 Å². The van der Waals surface area contributed by atoms with E-state index in [4.69, 9.17) is 0 Å². The molecule has 0 radical (unpaired) electrons. The fourth-order valence-corrected chi connectivity index (χ4v) is 6.26. The van der Waals surface area contributed by atoms with Gasteiger partial charge in [-0.2, -0.15) is 0 Å². The molecule has 0 unspecified atom stereocenters. The molecule has 1 heteroatoms. The number of hydrogen-bond acceptors (Lipinski definition) is 1. The highest BCUT2D eigenvalue weighted by Crippen LogP contribution is 2.62. The average Bonchev–Trinajstić information content (AvgIpc) is 2.90. The fourth-order valence-electron chi connectivity index (χ4n) is 6.26. The van der Waals surface area contributed by atoms with E-state index >= 15 is 0 Å². The Morgan fingerprint density at radius 1 is 1.22 bits per heavy atom. The van der Waals surface area contributed by atoms with Crippen LogP contribution in [-0.4, -0.2) is 5.11 Å². The molecule has 0 aromatic heterocycles. The van der Waals surface area contributed by atoms with Gasteiger partial charge < -0.3 is 5.11 Å². The van der Waals surface area contributed by atoms with Crippen molar-refractivity contribution in [2.45, 2.75) is 71.6 Å². The Labute approximate surface area is 140 Å². The minimum Gasteiger partial charge on any atom is -0.508 e. The second-order valence-corrected chi connectivity index (χ2v) is 8.26. The van der Waals surface area contributed by atoms with Crippen LogP contribution in [0.5, 0.6) is 5.75 Å². The zero-order valence-corrected chi connectivity index (χ0v) is 14.9. The highest BCUT2D eigenvalue weighted by Gasteiger charge is 2.52. The number of hydrogen-bond donors (Lipinski definition) is 1. The standard InChI is InChI=1S/C22H30O/c1-4-14-12-19-15(13-21(14)23)6-8-18-17(19)10-11-22(3)16(5-2)7-9-20(18)22/h5,12-13,17-18,20,23H,4,6-11H2,1-3H3/b16-5-/t17-,18+,20-,22+/m0/s1. The summed E-state index contributed by atoms with van der Waals surface area (Å²) in [5.74, 6) is 2.98. The second-order valence-electron chi connectivity index (χ2n) is 8.26. The van der Waals surface area contributed by atoms with Crippen LogP contribution in [0.4, 0.5) is 0 Å². The lowest BCUT2D eigenvalue weighted by Gasteiger charge is -2.49. The van der Waals surface area contributed by atoms with Gasteiger partial charge in [0, 0.05) is 0 Å². The summed E-state index contributed by atoms with van der Waals surface area (Å²) in [6, 6.07) is 4.42. The third-order valence-corrected chi connectivity index (χ3v) is 7.50. The van der Waals surface area contributed by atoms with E-state index < -0.39 is 0 Å². The summed E-state index contributed by atoms with van der Waals surface area (Å²) in [7, 11) is 0. The van der Waals surface area contributed by atoms with Gasteiger partial charge >= 0.3 is 0 Å². The lowest BCUT2D eigenvalue weighted by Crippen LogP contribution is -2.40. The van der Waals surface area contributed by atoms with Crippen molar-refractivity contribution in [2.75, 3.05) is 0 Å².